The van der Waals surface area contributed by atoms with Gasteiger partial charge in [0, 0.05) is 46.8 Å². The molecule has 0 radical (unpaired) electrons. The third kappa shape index (κ3) is 9.60. The van der Waals surface area contributed by atoms with E-state index < -0.39 is 31.4 Å². The number of nitro benzene ring substituents is 1. The van der Waals surface area contributed by atoms with E-state index in [4.69, 9.17) is 0 Å². The standard InChI is InChI=1S/C39H38N8O6S4/c1-45(2)19-18-26(23-54-27-10-4-3-5-11-27)40-31-16-15-28(21-34(31)47(50)51)57(52,53)44-37(49)33-24-55-39(42-33)46-20-17-25-9-8-12-29(30(25)22-46)36(48)43-38-41-32-13-6-7-14-35(32)56-38/h3-16,21,24,26,40H,17-20,22-23H2,1-2H3,(H,44,49)(H,41,43,48)/t26-/m1/s1. The first-order chi connectivity index (χ1) is 27.4. The molecule has 6 aromatic rings. The Kier molecular flexibility index (Phi) is 12.2. The van der Waals surface area contributed by atoms with Crippen molar-refractivity contribution in [3.05, 3.63) is 129 Å². The van der Waals surface area contributed by atoms with Gasteiger partial charge < -0.3 is 15.1 Å². The van der Waals surface area contributed by atoms with Crippen LogP contribution in [-0.4, -0.2) is 79.0 Å². The van der Waals surface area contributed by atoms with Crippen molar-refractivity contribution in [2.24, 2.45) is 0 Å². The predicted molar refractivity (Wildman–Crippen MR) is 226 cm³/mol. The molecular formula is C39H38N8O6S4. The molecule has 0 bridgehead atoms. The normalized spacial score (nSPS) is 13.3. The van der Waals surface area contributed by atoms with Gasteiger partial charge >= 0.3 is 0 Å². The highest BCUT2D eigenvalue weighted by atomic mass is 32.2. The Morgan fingerprint density at radius 1 is 1.00 bits per heavy atom. The first-order valence-electron chi connectivity index (χ1n) is 17.9. The van der Waals surface area contributed by atoms with Crippen LogP contribution >= 0.6 is 34.4 Å². The zero-order valence-corrected chi connectivity index (χ0v) is 34.1. The summed E-state index contributed by atoms with van der Waals surface area (Å²) in [7, 11) is -0.631. The van der Waals surface area contributed by atoms with Crippen molar-refractivity contribution < 1.29 is 22.9 Å². The SMILES string of the molecule is CN(C)CC[C@H](CSc1ccccc1)Nc1ccc(S(=O)(=O)NC(=O)c2csc(N3CCc4cccc(C(=O)Nc5nc6ccccc6s5)c4C3)n2)cc1[N+](=O)[O-]. The summed E-state index contributed by atoms with van der Waals surface area (Å²) in [4.78, 5) is 51.9. The first kappa shape index (κ1) is 39.8. The van der Waals surface area contributed by atoms with Crippen LogP contribution < -0.4 is 20.3 Å². The number of fused-ring (bicyclic) bond motifs is 2. The number of hydrogen-bond donors (Lipinski definition) is 3. The fraction of sp³-hybridized carbons (Fsp3) is 0.231. The zero-order valence-electron chi connectivity index (χ0n) is 30.9. The average molecular weight is 843 g/mol. The number of rotatable bonds is 15. The molecule has 2 aromatic heterocycles. The lowest BCUT2D eigenvalue weighted by Crippen LogP contribution is -2.33. The van der Waals surface area contributed by atoms with E-state index in [0.29, 0.717) is 47.5 Å². The summed E-state index contributed by atoms with van der Waals surface area (Å²) in [6.45, 7) is 1.64. The number of carbonyl (C=O) groups excluding carboxylic acids is 2. The van der Waals surface area contributed by atoms with Gasteiger partial charge in [-0.3, -0.25) is 25.0 Å². The van der Waals surface area contributed by atoms with Crippen molar-refractivity contribution in [3.63, 3.8) is 0 Å². The number of thiazole rings is 2. The average Bonchev–Trinajstić information content (AvgIpc) is 3.86. The minimum absolute atomic E-state index is 0.126. The minimum atomic E-state index is -4.52. The number of nitro groups is 1. The van der Waals surface area contributed by atoms with Crippen molar-refractivity contribution in [2.75, 3.05) is 48.5 Å². The first-order valence-corrected chi connectivity index (χ1v) is 22.0. The van der Waals surface area contributed by atoms with Crippen LogP contribution in [-0.2, 0) is 23.0 Å². The fourth-order valence-electron chi connectivity index (χ4n) is 6.29. The van der Waals surface area contributed by atoms with Gasteiger partial charge in [0.2, 0.25) is 0 Å². The van der Waals surface area contributed by atoms with Gasteiger partial charge in [0.15, 0.2) is 10.3 Å². The van der Waals surface area contributed by atoms with Gasteiger partial charge in [-0.1, -0.05) is 53.8 Å². The number of nitrogens with zero attached hydrogens (tertiary/aromatic N) is 5. The molecule has 4 aromatic carbocycles. The monoisotopic (exact) mass is 842 g/mol. The number of thioether (sulfide) groups is 1. The fourth-order valence-corrected chi connectivity index (χ4v) is 9.96. The number of carbonyl (C=O) groups is 2. The van der Waals surface area contributed by atoms with Gasteiger partial charge in [0.1, 0.15) is 11.4 Å². The predicted octanol–water partition coefficient (Wildman–Crippen LogP) is 7.12. The molecule has 18 heteroatoms. The van der Waals surface area contributed by atoms with Crippen LogP contribution in [0.4, 0.5) is 21.6 Å². The molecule has 294 valence electrons. The van der Waals surface area contributed by atoms with Crippen LogP contribution in [0.3, 0.4) is 0 Å². The summed E-state index contributed by atoms with van der Waals surface area (Å²) < 4.78 is 29.8. The van der Waals surface area contributed by atoms with E-state index in [0.717, 1.165) is 38.9 Å². The van der Waals surface area contributed by atoms with E-state index in [-0.39, 0.29) is 23.3 Å². The van der Waals surface area contributed by atoms with Gasteiger partial charge in [-0.05, 0) is 87.1 Å². The molecule has 2 amide bonds. The number of para-hydroxylation sites is 1. The molecule has 3 N–H and O–H groups in total. The van der Waals surface area contributed by atoms with Crippen molar-refractivity contribution in [1.82, 2.24) is 19.6 Å². The Bertz CT molecular complexity index is 2510. The van der Waals surface area contributed by atoms with Crippen LogP contribution in [0.5, 0.6) is 0 Å². The van der Waals surface area contributed by atoms with Gasteiger partial charge in [0.05, 0.1) is 20.0 Å². The van der Waals surface area contributed by atoms with Crippen molar-refractivity contribution in [1.29, 1.82) is 0 Å². The summed E-state index contributed by atoms with van der Waals surface area (Å²) in [6, 6.07) is 26.4. The molecule has 1 atom stereocenters. The summed E-state index contributed by atoms with van der Waals surface area (Å²) in [6.07, 6.45) is 1.31. The molecule has 0 unspecified atom stereocenters. The molecule has 3 heterocycles. The van der Waals surface area contributed by atoms with Crippen molar-refractivity contribution in [2.45, 2.75) is 35.2 Å². The smallest absolute Gasteiger partial charge is 0.293 e. The van der Waals surface area contributed by atoms with Gasteiger partial charge in [-0.25, -0.2) is 23.1 Å². The van der Waals surface area contributed by atoms with Crippen LogP contribution in [0.25, 0.3) is 10.2 Å². The van der Waals surface area contributed by atoms with E-state index in [2.05, 4.69) is 20.6 Å². The number of amides is 2. The maximum absolute atomic E-state index is 13.5. The Balaban J connectivity index is 1.02. The minimum Gasteiger partial charge on any atom is -0.376 e. The molecule has 0 saturated heterocycles. The van der Waals surface area contributed by atoms with Gasteiger partial charge in [0.25, 0.3) is 27.5 Å². The third-order valence-electron chi connectivity index (χ3n) is 9.21. The topological polar surface area (TPSA) is 180 Å². The second-order valence-electron chi connectivity index (χ2n) is 13.5. The van der Waals surface area contributed by atoms with E-state index in [1.807, 2.05) is 95.3 Å². The second-order valence-corrected chi connectivity index (χ2v) is 18.1. The third-order valence-corrected chi connectivity index (χ3v) is 13.6. The summed E-state index contributed by atoms with van der Waals surface area (Å²) in [5.74, 6) is -0.642. The molecule has 0 aliphatic carbocycles. The maximum atomic E-state index is 13.5. The molecule has 7 rings (SSSR count). The van der Waals surface area contributed by atoms with Gasteiger partial charge in [-0.2, -0.15) is 0 Å². The number of aromatic nitrogens is 2. The van der Waals surface area contributed by atoms with Crippen LogP contribution in [0.1, 0.15) is 38.4 Å². The number of hydrogen-bond acceptors (Lipinski definition) is 14. The van der Waals surface area contributed by atoms with Crippen LogP contribution in [0.15, 0.2) is 106 Å². The Labute approximate surface area is 341 Å². The maximum Gasteiger partial charge on any atom is 0.293 e. The van der Waals surface area contributed by atoms with E-state index in [1.165, 1.54) is 40.2 Å². The Morgan fingerprint density at radius 2 is 1.79 bits per heavy atom. The highest BCUT2D eigenvalue weighted by molar-refractivity contribution is 7.99. The summed E-state index contributed by atoms with van der Waals surface area (Å²) in [5.41, 5.74) is 2.77. The highest BCUT2D eigenvalue weighted by Gasteiger charge is 2.28. The molecule has 14 nitrogen and oxygen atoms in total. The quantitative estimate of drug-likeness (QED) is 0.0542. The lowest BCUT2D eigenvalue weighted by atomic mass is 9.94. The lowest BCUT2D eigenvalue weighted by Gasteiger charge is -2.29. The number of nitrogens with one attached hydrogen (secondary N) is 3. The van der Waals surface area contributed by atoms with E-state index >= 15 is 0 Å². The molecular weight excluding hydrogens is 805 g/mol. The van der Waals surface area contributed by atoms with Crippen molar-refractivity contribution in [3.8, 4) is 0 Å². The van der Waals surface area contributed by atoms with Crippen LogP contribution in [0.2, 0.25) is 0 Å². The molecule has 0 spiro atoms. The van der Waals surface area contributed by atoms with E-state index in [9.17, 15) is 28.1 Å². The number of anilines is 3. The number of benzene rings is 4. The van der Waals surface area contributed by atoms with Crippen molar-refractivity contribution >= 4 is 88.1 Å². The van der Waals surface area contributed by atoms with Crippen LogP contribution in [0, 0.1) is 10.1 Å². The van der Waals surface area contributed by atoms with Gasteiger partial charge in [-0.15, -0.1) is 23.1 Å². The molecule has 1 aliphatic heterocycles. The molecule has 0 fully saturated rings. The molecule has 57 heavy (non-hydrogen) atoms. The lowest BCUT2D eigenvalue weighted by molar-refractivity contribution is -0.384. The Hall–Kier alpha value is -5.40. The summed E-state index contributed by atoms with van der Waals surface area (Å²) >= 11 is 4.18. The van der Waals surface area contributed by atoms with E-state index in [1.54, 1.807) is 17.8 Å². The molecule has 1 aliphatic rings. The highest BCUT2D eigenvalue weighted by Crippen LogP contribution is 2.33. The largest absolute Gasteiger partial charge is 0.376 e. The second kappa shape index (κ2) is 17.4. The number of sulfonamides is 1. The summed E-state index contributed by atoms with van der Waals surface area (Å²) in [5, 5.41) is 20.8. The molecule has 0 saturated carbocycles. The zero-order chi connectivity index (χ0) is 40.1. The Morgan fingerprint density at radius 3 is 2.56 bits per heavy atom.